The number of alkyl halides is 6. The molecule has 1 aromatic heterocycles. The molecule has 0 bridgehead atoms. The lowest BCUT2D eigenvalue weighted by Gasteiger charge is -2.24. The van der Waals surface area contributed by atoms with Crippen molar-refractivity contribution in [2.24, 2.45) is 5.92 Å². The van der Waals surface area contributed by atoms with Gasteiger partial charge in [-0.1, -0.05) is 0 Å². The number of sulfone groups is 1. The first kappa shape index (κ1) is 24.3. The largest absolute Gasteiger partial charge is 0.480 e. The number of amides is 1. The summed E-state index contributed by atoms with van der Waals surface area (Å²) in [4.78, 5) is 14.1. The number of aromatic nitrogens is 2. The topological polar surface area (TPSA) is 103 Å². The van der Waals surface area contributed by atoms with Crippen molar-refractivity contribution in [3.8, 4) is 5.75 Å². The Morgan fingerprint density at radius 1 is 1.24 bits per heavy atom. The van der Waals surface area contributed by atoms with E-state index in [0.29, 0.717) is 6.42 Å². The Kier molecular flexibility index (Phi) is 5.42. The van der Waals surface area contributed by atoms with Gasteiger partial charge in [0.2, 0.25) is 5.89 Å². The number of likely N-dealkylation sites (tertiary alicyclic amines) is 1. The summed E-state index contributed by atoms with van der Waals surface area (Å²) in [6.07, 6.45) is -10.6. The molecule has 3 atom stereocenters. The van der Waals surface area contributed by atoms with Gasteiger partial charge in [-0.2, -0.15) is 26.3 Å². The fraction of sp³-hybridized carbons (Fsp3) is 0.526. The van der Waals surface area contributed by atoms with Gasteiger partial charge in [-0.05, 0) is 37.5 Å². The Balaban J connectivity index is 1.63. The Labute approximate surface area is 188 Å². The Bertz CT molecular complexity index is 1240. The van der Waals surface area contributed by atoms with Crippen molar-refractivity contribution in [1.82, 2.24) is 15.1 Å². The maximum atomic E-state index is 13.2. The maximum Gasteiger partial charge on any atom is 0.470 e. The molecule has 0 radical (unpaired) electrons. The standard InChI is InChI=1S/C19H17F6N3O5S/c1-9(18(20,21)22)32-13-4-3-11(34(2,30)31)5-12(13)14(29)28-7-10-6-17(10,8-28)15-26-27-16(33-15)19(23,24)25/h3-5,9-10H,6-8H2,1-2H3/t9-,10?,17?/m1/s1. The van der Waals surface area contributed by atoms with Gasteiger partial charge in [0.05, 0.1) is 15.9 Å². The number of hydrogen-bond donors (Lipinski definition) is 0. The molecule has 34 heavy (non-hydrogen) atoms. The number of halogens is 6. The quantitative estimate of drug-likeness (QED) is 0.566. The van der Waals surface area contributed by atoms with E-state index in [-0.39, 0.29) is 29.8 Å². The van der Waals surface area contributed by atoms with Crippen LogP contribution < -0.4 is 4.74 Å². The van der Waals surface area contributed by atoms with Gasteiger partial charge >= 0.3 is 18.2 Å². The molecule has 4 rings (SSSR count). The van der Waals surface area contributed by atoms with E-state index in [4.69, 9.17) is 9.15 Å². The van der Waals surface area contributed by atoms with Crippen LogP contribution in [0.2, 0.25) is 0 Å². The number of hydrogen-bond acceptors (Lipinski definition) is 7. The summed E-state index contributed by atoms with van der Waals surface area (Å²) in [5.41, 5.74) is -1.42. The summed E-state index contributed by atoms with van der Waals surface area (Å²) in [7, 11) is -3.81. The maximum absolute atomic E-state index is 13.2. The van der Waals surface area contributed by atoms with Crippen LogP contribution in [0.15, 0.2) is 27.5 Å². The summed E-state index contributed by atoms with van der Waals surface area (Å²) in [6.45, 7) is 0.653. The number of piperidine rings is 1. The number of carbonyl (C=O) groups excluding carboxylic acids is 1. The van der Waals surface area contributed by atoms with Crippen molar-refractivity contribution in [3.63, 3.8) is 0 Å². The minimum absolute atomic E-state index is 0.0555. The summed E-state index contributed by atoms with van der Waals surface area (Å²) >= 11 is 0. The zero-order valence-corrected chi connectivity index (χ0v) is 18.4. The zero-order valence-electron chi connectivity index (χ0n) is 17.6. The van der Waals surface area contributed by atoms with E-state index in [2.05, 4.69) is 10.2 Å². The predicted molar refractivity (Wildman–Crippen MR) is 101 cm³/mol. The second-order valence-electron chi connectivity index (χ2n) is 8.38. The molecule has 2 fully saturated rings. The molecule has 1 aromatic carbocycles. The first-order valence-corrected chi connectivity index (χ1v) is 11.7. The van der Waals surface area contributed by atoms with Crippen LogP contribution in [0, 0.1) is 5.92 Å². The summed E-state index contributed by atoms with van der Waals surface area (Å²) < 4.78 is 111. The molecule has 2 aliphatic rings. The highest BCUT2D eigenvalue weighted by molar-refractivity contribution is 7.90. The van der Waals surface area contributed by atoms with E-state index in [0.717, 1.165) is 31.4 Å². The first-order valence-electron chi connectivity index (χ1n) is 9.80. The van der Waals surface area contributed by atoms with Gasteiger partial charge in [0.25, 0.3) is 5.91 Å². The van der Waals surface area contributed by atoms with Crippen LogP contribution in [-0.4, -0.2) is 61.0 Å². The molecular weight excluding hydrogens is 496 g/mol. The molecule has 2 unspecified atom stereocenters. The number of rotatable bonds is 5. The van der Waals surface area contributed by atoms with Crippen molar-refractivity contribution in [3.05, 3.63) is 35.5 Å². The van der Waals surface area contributed by atoms with Crippen LogP contribution in [-0.2, 0) is 21.4 Å². The van der Waals surface area contributed by atoms with Gasteiger partial charge in [-0.25, -0.2) is 8.42 Å². The minimum atomic E-state index is -4.84. The molecule has 186 valence electrons. The van der Waals surface area contributed by atoms with E-state index >= 15 is 0 Å². The normalized spacial score (nSPS) is 23.5. The van der Waals surface area contributed by atoms with Crippen LogP contribution >= 0.6 is 0 Å². The summed E-state index contributed by atoms with van der Waals surface area (Å²) in [5.74, 6) is -3.42. The van der Waals surface area contributed by atoms with Crippen molar-refractivity contribution < 1.29 is 48.7 Å². The third-order valence-corrected chi connectivity index (χ3v) is 7.01. The molecule has 0 N–H and O–H groups in total. The number of nitrogens with zero attached hydrogens (tertiary/aromatic N) is 3. The average molecular weight is 513 g/mol. The van der Waals surface area contributed by atoms with Crippen LogP contribution in [0.25, 0.3) is 0 Å². The lowest BCUT2D eigenvalue weighted by molar-refractivity contribution is -0.189. The zero-order chi connectivity index (χ0) is 25.3. The number of ether oxygens (including phenoxy) is 1. The van der Waals surface area contributed by atoms with Crippen LogP contribution in [0.3, 0.4) is 0 Å². The molecule has 2 heterocycles. The molecule has 2 aromatic rings. The Morgan fingerprint density at radius 3 is 2.47 bits per heavy atom. The highest BCUT2D eigenvalue weighted by Gasteiger charge is 2.65. The van der Waals surface area contributed by atoms with Gasteiger partial charge in [0, 0.05) is 19.3 Å². The molecule has 1 amide bonds. The van der Waals surface area contributed by atoms with E-state index in [1.165, 1.54) is 4.90 Å². The van der Waals surface area contributed by atoms with Crippen molar-refractivity contribution >= 4 is 15.7 Å². The molecule has 8 nitrogen and oxygen atoms in total. The lowest BCUT2D eigenvalue weighted by Crippen LogP contribution is -2.35. The number of fused-ring (bicyclic) bond motifs is 1. The van der Waals surface area contributed by atoms with Gasteiger partial charge in [-0.15, -0.1) is 10.2 Å². The van der Waals surface area contributed by atoms with E-state index in [1.54, 1.807) is 0 Å². The second-order valence-corrected chi connectivity index (χ2v) is 10.4. The number of carbonyl (C=O) groups is 1. The third-order valence-electron chi connectivity index (χ3n) is 5.90. The molecule has 1 aliphatic heterocycles. The van der Waals surface area contributed by atoms with Crippen molar-refractivity contribution in [2.45, 2.75) is 42.1 Å². The molecule has 15 heteroatoms. The van der Waals surface area contributed by atoms with Crippen molar-refractivity contribution in [1.29, 1.82) is 0 Å². The van der Waals surface area contributed by atoms with E-state index in [9.17, 15) is 39.6 Å². The average Bonchev–Trinajstić information content (AvgIpc) is 3.07. The Morgan fingerprint density at radius 2 is 1.91 bits per heavy atom. The highest BCUT2D eigenvalue weighted by atomic mass is 32.2. The SMILES string of the molecule is C[C@@H](Oc1ccc(S(C)(=O)=O)cc1C(=O)N1CC2CC2(c2nnc(C(F)(F)F)o2)C1)C(F)(F)F. The summed E-state index contributed by atoms with van der Waals surface area (Å²) in [5, 5.41) is 6.47. The van der Waals surface area contributed by atoms with Crippen molar-refractivity contribution in [2.75, 3.05) is 19.3 Å². The third kappa shape index (κ3) is 4.32. The molecule has 1 saturated carbocycles. The lowest BCUT2D eigenvalue weighted by atomic mass is 10.1. The summed E-state index contributed by atoms with van der Waals surface area (Å²) in [6, 6.07) is 2.90. The molecule has 1 aliphatic carbocycles. The fourth-order valence-electron chi connectivity index (χ4n) is 3.95. The van der Waals surface area contributed by atoms with E-state index < -0.39 is 56.8 Å². The van der Waals surface area contributed by atoms with E-state index in [1.807, 2.05) is 0 Å². The smallest absolute Gasteiger partial charge is 0.470 e. The van der Waals surface area contributed by atoms with Gasteiger partial charge in [0.1, 0.15) is 5.75 Å². The van der Waals surface area contributed by atoms with Gasteiger partial charge < -0.3 is 14.1 Å². The van der Waals surface area contributed by atoms with Gasteiger partial charge in [-0.3, -0.25) is 4.79 Å². The van der Waals surface area contributed by atoms with Crippen LogP contribution in [0.1, 0.15) is 35.5 Å². The van der Waals surface area contributed by atoms with Crippen LogP contribution in [0.5, 0.6) is 5.75 Å². The van der Waals surface area contributed by atoms with Gasteiger partial charge in [0.15, 0.2) is 15.9 Å². The number of benzene rings is 1. The predicted octanol–water partition coefficient (Wildman–Crippen LogP) is 3.24. The Hall–Kier alpha value is -2.84. The minimum Gasteiger partial charge on any atom is -0.480 e. The molecule has 1 saturated heterocycles. The highest BCUT2D eigenvalue weighted by Crippen LogP contribution is 2.59. The first-order chi connectivity index (χ1) is 15.5. The second kappa shape index (κ2) is 7.58. The molecular formula is C19H17F6N3O5S. The van der Waals surface area contributed by atoms with Crippen LogP contribution in [0.4, 0.5) is 26.3 Å². The fourth-order valence-corrected chi connectivity index (χ4v) is 4.59. The monoisotopic (exact) mass is 513 g/mol. The molecule has 0 spiro atoms.